The first-order chi connectivity index (χ1) is 14.5. The smallest absolute Gasteiger partial charge is 0.254 e. The van der Waals surface area contributed by atoms with Gasteiger partial charge in [-0.2, -0.15) is 4.68 Å². The summed E-state index contributed by atoms with van der Waals surface area (Å²) in [4.78, 5) is 13.4. The lowest BCUT2D eigenvalue weighted by Gasteiger charge is -2.21. The van der Waals surface area contributed by atoms with Crippen LogP contribution in [-0.4, -0.2) is 40.7 Å². The molecule has 154 valence electrons. The van der Waals surface area contributed by atoms with Crippen LogP contribution >= 0.6 is 0 Å². The molecule has 0 bridgehead atoms. The van der Waals surface area contributed by atoms with Crippen LogP contribution in [0.1, 0.15) is 53.6 Å². The molecule has 0 aliphatic heterocycles. The lowest BCUT2D eigenvalue weighted by Crippen LogP contribution is -2.32. The van der Waals surface area contributed by atoms with E-state index >= 15 is 0 Å². The summed E-state index contributed by atoms with van der Waals surface area (Å²) < 4.78 is 3.44. The summed E-state index contributed by atoms with van der Waals surface area (Å²) in [6.45, 7) is 8.19. The minimum atomic E-state index is -0.293. The zero-order valence-electron chi connectivity index (χ0n) is 17.4. The van der Waals surface area contributed by atoms with E-state index in [9.17, 15) is 4.79 Å². The molecule has 3 aromatic heterocycles. The lowest BCUT2D eigenvalue weighted by atomic mass is 10.00. The number of rotatable bonds is 6. The normalized spacial score (nSPS) is 12.4. The number of pyridine rings is 1. The number of hydrogen-bond donors (Lipinski definition) is 1. The second-order valence-corrected chi connectivity index (χ2v) is 7.80. The van der Waals surface area contributed by atoms with E-state index in [0.29, 0.717) is 23.0 Å². The third kappa shape index (κ3) is 3.66. The van der Waals surface area contributed by atoms with Gasteiger partial charge in [-0.3, -0.25) is 9.20 Å². The van der Waals surface area contributed by atoms with E-state index in [1.54, 1.807) is 0 Å². The van der Waals surface area contributed by atoms with Gasteiger partial charge in [0.05, 0.1) is 17.3 Å². The molecule has 1 amide bonds. The van der Waals surface area contributed by atoms with Crippen LogP contribution in [-0.2, 0) is 0 Å². The molecule has 0 aliphatic carbocycles. The maximum absolute atomic E-state index is 13.4. The van der Waals surface area contributed by atoms with Gasteiger partial charge in [0, 0.05) is 6.20 Å². The van der Waals surface area contributed by atoms with Crippen molar-refractivity contribution in [1.29, 1.82) is 0 Å². The number of aryl methyl sites for hydroxylation is 1. The summed E-state index contributed by atoms with van der Waals surface area (Å²) >= 11 is 0. The van der Waals surface area contributed by atoms with Crippen molar-refractivity contribution in [2.75, 3.05) is 0 Å². The van der Waals surface area contributed by atoms with Crippen molar-refractivity contribution in [2.24, 2.45) is 5.92 Å². The second kappa shape index (κ2) is 8.02. The van der Waals surface area contributed by atoms with Crippen molar-refractivity contribution < 1.29 is 4.79 Å². The Balaban J connectivity index is 1.73. The molecule has 1 aromatic carbocycles. The van der Waals surface area contributed by atoms with Gasteiger partial charge in [0.25, 0.3) is 5.91 Å². The fourth-order valence-corrected chi connectivity index (χ4v) is 3.58. The zero-order valence-corrected chi connectivity index (χ0v) is 17.4. The molecule has 4 aromatic rings. The highest BCUT2D eigenvalue weighted by molar-refractivity contribution is 5.98. The summed E-state index contributed by atoms with van der Waals surface area (Å²) in [5.74, 6) is 0.854. The van der Waals surface area contributed by atoms with E-state index in [4.69, 9.17) is 0 Å². The Morgan fingerprint density at radius 1 is 1.13 bits per heavy atom. The Hall–Kier alpha value is -3.62. The number of carbonyl (C=O) groups excluding carboxylic acids is 1. The van der Waals surface area contributed by atoms with E-state index in [1.807, 2.05) is 54.8 Å². The van der Waals surface area contributed by atoms with Crippen molar-refractivity contribution in [3.8, 4) is 5.69 Å². The van der Waals surface area contributed by atoms with Crippen molar-refractivity contribution in [3.63, 3.8) is 0 Å². The Bertz CT molecular complexity index is 1180. The average Bonchev–Trinajstić information content (AvgIpc) is 3.38. The highest BCUT2D eigenvalue weighted by Gasteiger charge is 2.25. The number of nitrogens with zero attached hydrogens (tertiary/aromatic N) is 7. The van der Waals surface area contributed by atoms with E-state index in [-0.39, 0.29) is 11.9 Å². The molecule has 30 heavy (non-hydrogen) atoms. The molecule has 4 rings (SSSR count). The molecule has 0 spiro atoms. The summed E-state index contributed by atoms with van der Waals surface area (Å²) in [7, 11) is 0. The zero-order chi connectivity index (χ0) is 21.3. The van der Waals surface area contributed by atoms with Crippen molar-refractivity contribution in [1.82, 2.24) is 40.1 Å². The average molecular weight is 404 g/mol. The fourth-order valence-electron chi connectivity index (χ4n) is 3.58. The number of aromatic nitrogens is 7. The van der Waals surface area contributed by atoms with Gasteiger partial charge < -0.3 is 5.32 Å². The molecule has 0 radical (unpaired) electrons. The monoisotopic (exact) mass is 404 g/mol. The first-order valence-electron chi connectivity index (χ1n) is 9.89. The van der Waals surface area contributed by atoms with E-state index in [0.717, 1.165) is 23.2 Å². The highest BCUT2D eigenvalue weighted by atomic mass is 16.1. The van der Waals surface area contributed by atoms with Crippen LogP contribution in [0.3, 0.4) is 0 Å². The number of fused-ring (bicyclic) bond motifs is 1. The number of tetrazole rings is 1. The summed E-state index contributed by atoms with van der Waals surface area (Å²) in [6, 6.07) is 9.18. The quantitative estimate of drug-likeness (QED) is 0.530. The van der Waals surface area contributed by atoms with Gasteiger partial charge in [-0.15, -0.1) is 15.3 Å². The first-order valence-corrected chi connectivity index (χ1v) is 9.89. The van der Waals surface area contributed by atoms with Crippen LogP contribution in [0.25, 0.3) is 11.3 Å². The minimum Gasteiger partial charge on any atom is -0.342 e. The van der Waals surface area contributed by atoms with Crippen LogP contribution in [0.5, 0.6) is 0 Å². The van der Waals surface area contributed by atoms with Gasteiger partial charge in [0.1, 0.15) is 6.33 Å². The Morgan fingerprint density at radius 2 is 1.97 bits per heavy atom. The van der Waals surface area contributed by atoms with E-state index < -0.39 is 0 Å². The third-order valence-corrected chi connectivity index (χ3v) is 5.19. The number of amides is 1. The first kappa shape index (κ1) is 19.7. The lowest BCUT2D eigenvalue weighted by molar-refractivity contribution is 0.0929. The van der Waals surface area contributed by atoms with Crippen LogP contribution in [0.2, 0.25) is 0 Å². The summed E-state index contributed by atoms with van der Waals surface area (Å²) in [5, 5.41) is 23.2. The number of nitrogens with one attached hydrogen (secondary N) is 1. The van der Waals surface area contributed by atoms with Crippen LogP contribution in [0, 0.1) is 19.8 Å². The maximum Gasteiger partial charge on any atom is 0.254 e. The number of carbonyl (C=O) groups is 1. The number of hydrogen-bond acceptors (Lipinski definition) is 6. The van der Waals surface area contributed by atoms with Crippen LogP contribution in [0.15, 0.2) is 42.9 Å². The summed E-state index contributed by atoms with van der Waals surface area (Å²) in [5.41, 5.74) is 3.93. The maximum atomic E-state index is 13.4. The number of benzene rings is 1. The van der Waals surface area contributed by atoms with Crippen molar-refractivity contribution in [2.45, 2.75) is 40.2 Å². The minimum absolute atomic E-state index is 0.207. The largest absolute Gasteiger partial charge is 0.342 e. The molecule has 0 unspecified atom stereocenters. The van der Waals surface area contributed by atoms with Gasteiger partial charge >= 0.3 is 0 Å². The molecule has 0 saturated carbocycles. The molecule has 3 heterocycles. The molecular formula is C21H24N8O. The van der Waals surface area contributed by atoms with Gasteiger partial charge in [-0.1, -0.05) is 26.0 Å². The molecule has 9 nitrogen and oxygen atoms in total. The predicted molar refractivity (Wildman–Crippen MR) is 111 cm³/mol. The summed E-state index contributed by atoms with van der Waals surface area (Å²) in [6.07, 6.45) is 4.13. The Kier molecular flexibility index (Phi) is 5.26. The SMILES string of the molecule is Cc1ccc(C(=O)N[C@@H](CC(C)C)c2nnc3ccccn23)c(-n2cnnn2)c1C. The predicted octanol–water partition coefficient (Wildman–Crippen LogP) is 2.84. The molecule has 1 atom stereocenters. The molecule has 1 N–H and O–H groups in total. The Morgan fingerprint density at radius 3 is 2.70 bits per heavy atom. The molecule has 9 heteroatoms. The van der Waals surface area contributed by atoms with Crippen LogP contribution < -0.4 is 5.32 Å². The van der Waals surface area contributed by atoms with E-state index in [2.05, 4.69) is 44.9 Å². The fraction of sp³-hybridized carbons (Fsp3) is 0.333. The van der Waals surface area contributed by atoms with Crippen molar-refractivity contribution >= 4 is 11.6 Å². The molecule has 0 saturated heterocycles. The third-order valence-electron chi connectivity index (χ3n) is 5.19. The van der Waals surface area contributed by atoms with Crippen molar-refractivity contribution in [3.05, 3.63) is 65.4 Å². The van der Waals surface area contributed by atoms with Gasteiger partial charge in [-0.25, -0.2) is 0 Å². The van der Waals surface area contributed by atoms with Crippen LogP contribution in [0.4, 0.5) is 0 Å². The molecular weight excluding hydrogens is 380 g/mol. The molecule has 0 aliphatic rings. The van der Waals surface area contributed by atoms with Gasteiger partial charge in [0.15, 0.2) is 11.5 Å². The van der Waals surface area contributed by atoms with Gasteiger partial charge in [0.2, 0.25) is 0 Å². The van der Waals surface area contributed by atoms with Gasteiger partial charge in [-0.05, 0) is 65.9 Å². The topological polar surface area (TPSA) is 103 Å². The standard InChI is InChI=1S/C21H24N8O/c1-13(2)11-17(20-25-24-18-7-5-6-10-28(18)20)23-21(30)16-9-8-14(3)15(4)19(16)29-12-22-26-27-29/h5-10,12-13,17H,11H2,1-4H3,(H,23,30)/t17-/m0/s1. The Labute approximate surface area is 174 Å². The van der Waals surface area contributed by atoms with E-state index in [1.165, 1.54) is 11.0 Å². The highest BCUT2D eigenvalue weighted by Crippen LogP contribution is 2.25. The molecule has 0 fully saturated rings. The second-order valence-electron chi connectivity index (χ2n) is 7.80.